The van der Waals surface area contributed by atoms with Crippen LogP contribution in [-0.4, -0.2) is 58.0 Å². The summed E-state index contributed by atoms with van der Waals surface area (Å²) >= 11 is 0. The zero-order valence-corrected chi connectivity index (χ0v) is 23.2. The van der Waals surface area contributed by atoms with E-state index in [0.29, 0.717) is 0 Å². The van der Waals surface area contributed by atoms with Gasteiger partial charge in [0.25, 0.3) is 5.91 Å². The summed E-state index contributed by atoms with van der Waals surface area (Å²) in [5.41, 5.74) is 3.11. The maximum Gasteiger partial charge on any atom is 0.253 e. The predicted molar refractivity (Wildman–Crippen MR) is 148 cm³/mol. The van der Waals surface area contributed by atoms with Crippen molar-refractivity contribution >= 4 is 16.9 Å². The maximum atomic E-state index is 13.5. The molecule has 3 rings (SSSR count). The van der Waals surface area contributed by atoms with Crippen molar-refractivity contribution < 1.29 is 4.79 Å². The number of carbonyl (C=O) groups excluding carboxylic acids is 1. The van der Waals surface area contributed by atoms with Gasteiger partial charge >= 0.3 is 0 Å². The number of hydrogen-bond acceptors (Lipinski definition) is 3. The van der Waals surface area contributed by atoms with E-state index in [9.17, 15) is 4.79 Å². The Labute approximate surface area is 214 Å². The molecule has 1 aromatic heterocycles. The van der Waals surface area contributed by atoms with E-state index in [0.717, 1.165) is 87.1 Å². The minimum Gasteiger partial charge on any atom is -0.339 e. The number of benzene rings is 1. The van der Waals surface area contributed by atoms with E-state index < -0.39 is 0 Å². The first-order chi connectivity index (χ1) is 16.8. The van der Waals surface area contributed by atoms with E-state index in [1.165, 1.54) is 38.8 Å². The van der Waals surface area contributed by atoms with Gasteiger partial charge in [-0.2, -0.15) is 0 Å². The number of imidazole rings is 1. The molecular formula is C30H50N4O. The van der Waals surface area contributed by atoms with Gasteiger partial charge in [0.1, 0.15) is 5.82 Å². The Balaban J connectivity index is 1.84. The Morgan fingerprint density at radius 3 is 2.20 bits per heavy atom. The molecule has 35 heavy (non-hydrogen) atoms. The molecule has 2 aromatic rings. The molecular weight excluding hydrogens is 432 g/mol. The lowest BCUT2D eigenvalue weighted by molar-refractivity contribution is 0.0751. The number of rotatable bonds is 12. The Hall–Kier alpha value is -1.88. The third-order valence-electron chi connectivity index (χ3n) is 7.17. The van der Waals surface area contributed by atoms with E-state index in [1.54, 1.807) is 0 Å². The van der Waals surface area contributed by atoms with Gasteiger partial charge in [0, 0.05) is 31.6 Å². The molecule has 5 nitrogen and oxygen atoms in total. The molecule has 1 aliphatic heterocycles. The van der Waals surface area contributed by atoms with E-state index >= 15 is 0 Å². The Bertz CT molecular complexity index is 910. The van der Waals surface area contributed by atoms with Gasteiger partial charge in [-0.05, 0) is 75.4 Å². The fourth-order valence-corrected chi connectivity index (χ4v) is 5.17. The summed E-state index contributed by atoms with van der Waals surface area (Å²) in [6.07, 6.45) is 11.8. The number of fused-ring (bicyclic) bond motifs is 1. The molecule has 2 heterocycles. The highest BCUT2D eigenvalue weighted by Gasteiger charge is 2.21. The molecule has 5 heteroatoms. The van der Waals surface area contributed by atoms with Crippen LogP contribution in [0.15, 0.2) is 18.2 Å². The third kappa shape index (κ3) is 8.34. The first-order valence-corrected chi connectivity index (χ1v) is 14.3. The van der Waals surface area contributed by atoms with Gasteiger partial charge < -0.3 is 14.4 Å². The predicted octanol–water partition coefficient (Wildman–Crippen LogP) is 6.93. The molecule has 196 valence electrons. The average molecular weight is 483 g/mol. The molecule has 1 fully saturated rings. The lowest BCUT2D eigenvalue weighted by Gasteiger charge is -2.23. The highest BCUT2D eigenvalue weighted by Crippen LogP contribution is 2.26. The first kappa shape index (κ1) is 27.7. The number of amides is 1. The van der Waals surface area contributed by atoms with E-state index in [-0.39, 0.29) is 11.3 Å². The summed E-state index contributed by atoms with van der Waals surface area (Å²) < 4.78 is 2.41. The van der Waals surface area contributed by atoms with Crippen molar-refractivity contribution in [1.82, 2.24) is 19.4 Å². The summed E-state index contributed by atoms with van der Waals surface area (Å²) in [4.78, 5) is 23.2. The third-order valence-corrected chi connectivity index (χ3v) is 7.17. The quantitative estimate of drug-likeness (QED) is 0.329. The molecule has 0 atom stereocenters. The van der Waals surface area contributed by atoms with Crippen LogP contribution in [-0.2, 0) is 13.0 Å². The Morgan fingerprint density at radius 1 is 0.943 bits per heavy atom. The molecule has 1 aromatic carbocycles. The summed E-state index contributed by atoms with van der Waals surface area (Å²) in [6.45, 7) is 17.5. The minimum absolute atomic E-state index is 0.166. The van der Waals surface area contributed by atoms with Crippen LogP contribution in [0.2, 0.25) is 0 Å². The van der Waals surface area contributed by atoms with Crippen molar-refractivity contribution in [2.45, 2.75) is 105 Å². The zero-order valence-electron chi connectivity index (χ0n) is 23.2. The molecule has 0 unspecified atom stereocenters. The van der Waals surface area contributed by atoms with Gasteiger partial charge in [0.2, 0.25) is 0 Å². The molecule has 0 spiro atoms. The SMILES string of the molecule is CCCCN(CCCC)C(=O)c1ccc2nc(CC(C)(C)C)n(CCCN3CCCCCC3)c2c1. The topological polar surface area (TPSA) is 41.4 Å². The van der Waals surface area contributed by atoms with Gasteiger partial charge in [-0.1, -0.05) is 60.3 Å². The highest BCUT2D eigenvalue weighted by molar-refractivity contribution is 5.97. The number of nitrogens with zero attached hydrogens (tertiary/aromatic N) is 4. The molecule has 0 aliphatic carbocycles. The van der Waals surface area contributed by atoms with Crippen LogP contribution in [0.3, 0.4) is 0 Å². The van der Waals surface area contributed by atoms with Crippen LogP contribution in [0.5, 0.6) is 0 Å². The van der Waals surface area contributed by atoms with Crippen molar-refractivity contribution in [2.75, 3.05) is 32.7 Å². The van der Waals surface area contributed by atoms with Gasteiger partial charge in [0.15, 0.2) is 0 Å². The van der Waals surface area contributed by atoms with Crippen LogP contribution >= 0.6 is 0 Å². The number of carbonyl (C=O) groups is 1. The van der Waals surface area contributed by atoms with Gasteiger partial charge in [-0.25, -0.2) is 4.98 Å². The first-order valence-electron chi connectivity index (χ1n) is 14.3. The van der Waals surface area contributed by atoms with Crippen molar-refractivity contribution in [3.05, 3.63) is 29.6 Å². The van der Waals surface area contributed by atoms with Crippen LogP contribution in [0.4, 0.5) is 0 Å². The molecule has 1 amide bonds. The van der Waals surface area contributed by atoms with E-state index in [4.69, 9.17) is 4.98 Å². The number of likely N-dealkylation sites (tertiary alicyclic amines) is 1. The van der Waals surface area contributed by atoms with Crippen molar-refractivity contribution in [2.24, 2.45) is 5.41 Å². The van der Waals surface area contributed by atoms with Crippen molar-refractivity contribution in [3.63, 3.8) is 0 Å². The summed E-state index contributed by atoms with van der Waals surface area (Å²) in [5.74, 6) is 1.32. The second-order valence-corrected chi connectivity index (χ2v) is 11.7. The zero-order chi connectivity index (χ0) is 25.3. The fourth-order valence-electron chi connectivity index (χ4n) is 5.17. The second kappa shape index (κ2) is 13.4. The maximum absolute atomic E-state index is 13.5. The molecule has 0 radical (unpaired) electrons. The van der Waals surface area contributed by atoms with Crippen LogP contribution in [0, 0.1) is 5.41 Å². The summed E-state index contributed by atoms with van der Waals surface area (Å²) in [7, 11) is 0. The van der Waals surface area contributed by atoms with Crippen molar-refractivity contribution in [3.8, 4) is 0 Å². The monoisotopic (exact) mass is 482 g/mol. The summed E-state index contributed by atoms with van der Waals surface area (Å²) in [6, 6.07) is 6.18. The van der Waals surface area contributed by atoms with E-state index in [2.05, 4.69) is 61.1 Å². The smallest absolute Gasteiger partial charge is 0.253 e. The average Bonchev–Trinajstić information content (AvgIpc) is 2.97. The molecule has 1 saturated heterocycles. The van der Waals surface area contributed by atoms with Crippen LogP contribution in [0.1, 0.15) is 109 Å². The van der Waals surface area contributed by atoms with E-state index in [1.807, 2.05) is 6.07 Å². The lowest BCUT2D eigenvalue weighted by atomic mass is 9.92. The number of aryl methyl sites for hydroxylation is 1. The van der Waals surface area contributed by atoms with Gasteiger partial charge in [-0.3, -0.25) is 4.79 Å². The largest absolute Gasteiger partial charge is 0.339 e. The fraction of sp³-hybridized carbons (Fsp3) is 0.733. The van der Waals surface area contributed by atoms with Gasteiger partial charge in [-0.15, -0.1) is 0 Å². The normalized spacial score (nSPS) is 15.5. The van der Waals surface area contributed by atoms with Gasteiger partial charge in [0.05, 0.1) is 11.0 Å². The second-order valence-electron chi connectivity index (χ2n) is 11.7. The number of aromatic nitrogens is 2. The van der Waals surface area contributed by atoms with Crippen LogP contribution in [0.25, 0.3) is 11.0 Å². The number of unbranched alkanes of at least 4 members (excludes halogenated alkanes) is 2. The standard InChI is InChI=1S/C30H50N4O/c1-6-8-20-33(21-9-7-2)29(35)25-15-16-26-27(23-25)34(28(31-26)24-30(3,4)5)22-14-19-32-17-12-10-11-13-18-32/h15-16,23H,6-14,17-22,24H2,1-5H3. The van der Waals surface area contributed by atoms with Crippen LogP contribution < -0.4 is 0 Å². The number of hydrogen-bond donors (Lipinski definition) is 0. The highest BCUT2D eigenvalue weighted by atomic mass is 16.2. The molecule has 0 bridgehead atoms. The summed E-state index contributed by atoms with van der Waals surface area (Å²) in [5, 5.41) is 0. The lowest BCUT2D eigenvalue weighted by Crippen LogP contribution is -2.33. The minimum atomic E-state index is 0.166. The van der Waals surface area contributed by atoms with Crippen molar-refractivity contribution in [1.29, 1.82) is 0 Å². The molecule has 0 saturated carbocycles. The Kier molecular flexibility index (Phi) is 10.6. The molecule has 0 N–H and O–H groups in total. The molecule has 1 aliphatic rings. The Morgan fingerprint density at radius 2 is 1.60 bits per heavy atom.